The van der Waals surface area contributed by atoms with Crippen molar-refractivity contribution in [3.05, 3.63) is 22.6 Å². The van der Waals surface area contributed by atoms with Crippen molar-refractivity contribution in [3.8, 4) is 0 Å². The highest BCUT2D eigenvalue weighted by molar-refractivity contribution is 9.10. The average Bonchev–Trinajstić information content (AvgIpc) is 2.71. The van der Waals surface area contributed by atoms with Crippen LogP contribution < -0.4 is 11.3 Å². The van der Waals surface area contributed by atoms with Crippen molar-refractivity contribution < 1.29 is 4.42 Å². The second-order valence-electron chi connectivity index (χ2n) is 4.20. The van der Waals surface area contributed by atoms with Gasteiger partial charge in [0.15, 0.2) is 0 Å². The van der Waals surface area contributed by atoms with Crippen LogP contribution in [0.5, 0.6) is 0 Å². The Morgan fingerprint density at radius 2 is 2.29 bits per heavy atom. The lowest BCUT2D eigenvalue weighted by Crippen LogP contribution is -2.40. The van der Waals surface area contributed by atoms with Crippen LogP contribution in [-0.4, -0.2) is 21.5 Å². The summed E-state index contributed by atoms with van der Waals surface area (Å²) in [5.41, 5.74) is 2.89. The maximum Gasteiger partial charge on any atom is 0.137 e. The average molecular weight is 337 g/mol. The van der Waals surface area contributed by atoms with Gasteiger partial charge in [0.2, 0.25) is 0 Å². The van der Waals surface area contributed by atoms with Gasteiger partial charge in [0.1, 0.15) is 5.76 Å². The molecule has 4 unspecified atom stereocenters. The molecule has 6 heteroatoms. The van der Waals surface area contributed by atoms with E-state index >= 15 is 0 Å². The van der Waals surface area contributed by atoms with E-state index < -0.39 is 0 Å². The zero-order valence-electron chi connectivity index (χ0n) is 9.85. The lowest BCUT2D eigenvalue weighted by Gasteiger charge is -2.34. The SMILES string of the molecule is CC1SCC(C(NN)c2occc2Br)SC1C. The fourth-order valence-electron chi connectivity index (χ4n) is 1.86. The fourth-order valence-corrected chi connectivity index (χ4v) is 5.38. The van der Waals surface area contributed by atoms with Gasteiger partial charge in [0, 0.05) is 21.5 Å². The van der Waals surface area contributed by atoms with Gasteiger partial charge in [0.05, 0.1) is 16.8 Å². The molecule has 2 rings (SSSR count). The largest absolute Gasteiger partial charge is 0.466 e. The number of furan rings is 1. The van der Waals surface area contributed by atoms with E-state index in [4.69, 9.17) is 10.3 Å². The van der Waals surface area contributed by atoms with Gasteiger partial charge in [0.25, 0.3) is 0 Å². The molecule has 2 heterocycles. The van der Waals surface area contributed by atoms with Crippen molar-refractivity contribution in [2.45, 2.75) is 35.6 Å². The Hall–Kier alpha value is 0.380. The Labute approximate surface area is 119 Å². The Morgan fingerprint density at radius 3 is 2.82 bits per heavy atom. The third-order valence-electron chi connectivity index (χ3n) is 3.05. The van der Waals surface area contributed by atoms with E-state index in [1.807, 2.05) is 29.6 Å². The number of hydrogen-bond donors (Lipinski definition) is 2. The van der Waals surface area contributed by atoms with Gasteiger partial charge in [-0.05, 0) is 22.0 Å². The van der Waals surface area contributed by atoms with E-state index in [2.05, 4.69) is 35.2 Å². The van der Waals surface area contributed by atoms with Gasteiger partial charge < -0.3 is 4.42 Å². The first-order chi connectivity index (χ1) is 8.13. The number of rotatable bonds is 3. The van der Waals surface area contributed by atoms with Gasteiger partial charge in [-0.1, -0.05) is 13.8 Å². The molecule has 0 bridgehead atoms. The molecule has 1 fully saturated rings. The lowest BCUT2D eigenvalue weighted by molar-refractivity contribution is 0.414. The molecule has 1 aliphatic heterocycles. The first kappa shape index (κ1) is 13.8. The summed E-state index contributed by atoms with van der Waals surface area (Å²) in [5.74, 6) is 7.68. The molecule has 1 aromatic heterocycles. The molecule has 0 spiro atoms. The Kier molecular flexibility index (Phi) is 4.88. The Balaban J connectivity index is 2.12. The van der Waals surface area contributed by atoms with Gasteiger partial charge >= 0.3 is 0 Å². The molecule has 96 valence electrons. The standard InChI is InChI=1S/C11H17BrN2OS2/c1-6-7(2)17-9(5-16-6)10(14-13)11-8(12)3-4-15-11/h3-4,6-7,9-10,14H,5,13H2,1-2H3. The normalized spacial score (nSPS) is 31.4. The molecular formula is C11H17BrN2OS2. The number of nitrogens with one attached hydrogen (secondary N) is 1. The van der Waals surface area contributed by atoms with Gasteiger partial charge in [-0.3, -0.25) is 5.84 Å². The third kappa shape index (κ3) is 3.04. The van der Waals surface area contributed by atoms with E-state index in [0.717, 1.165) is 16.0 Å². The minimum Gasteiger partial charge on any atom is -0.466 e. The molecular weight excluding hydrogens is 320 g/mol. The van der Waals surface area contributed by atoms with Crippen molar-refractivity contribution in [2.75, 3.05) is 5.75 Å². The molecule has 3 nitrogen and oxygen atoms in total. The Morgan fingerprint density at radius 1 is 1.53 bits per heavy atom. The van der Waals surface area contributed by atoms with E-state index in [-0.39, 0.29) is 6.04 Å². The van der Waals surface area contributed by atoms with Crippen LogP contribution in [0.15, 0.2) is 21.2 Å². The van der Waals surface area contributed by atoms with Crippen molar-refractivity contribution in [2.24, 2.45) is 5.84 Å². The topological polar surface area (TPSA) is 51.2 Å². The zero-order chi connectivity index (χ0) is 12.4. The molecule has 0 saturated carbocycles. The van der Waals surface area contributed by atoms with E-state index in [1.54, 1.807) is 6.26 Å². The van der Waals surface area contributed by atoms with Crippen LogP contribution in [0, 0.1) is 0 Å². The highest BCUT2D eigenvalue weighted by Gasteiger charge is 2.33. The lowest BCUT2D eigenvalue weighted by atomic mass is 10.2. The molecule has 1 saturated heterocycles. The number of halogens is 1. The van der Waals surface area contributed by atoms with Gasteiger partial charge in [-0.15, -0.1) is 0 Å². The van der Waals surface area contributed by atoms with Gasteiger partial charge in [-0.2, -0.15) is 23.5 Å². The first-order valence-corrected chi connectivity index (χ1v) is 8.38. The van der Waals surface area contributed by atoms with Crippen molar-refractivity contribution in [3.63, 3.8) is 0 Å². The molecule has 1 aliphatic rings. The summed E-state index contributed by atoms with van der Waals surface area (Å²) in [6, 6.07) is 1.97. The highest BCUT2D eigenvalue weighted by atomic mass is 79.9. The monoisotopic (exact) mass is 336 g/mol. The summed E-state index contributed by atoms with van der Waals surface area (Å²) in [5, 5.41) is 1.79. The first-order valence-electron chi connectivity index (χ1n) is 5.59. The van der Waals surface area contributed by atoms with Crippen molar-refractivity contribution >= 4 is 39.5 Å². The second kappa shape index (κ2) is 6.02. The summed E-state index contributed by atoms with van der Waals surface area (Å²) >= 11 is 7.49. The van der Waals surface area contributed by atoms with Crippen LogP contribution in [0.3, 0.4) is 0 Å². The number of hydrazine groups is 1. The van der Waals surface area contributed by atoms with Crippen LogP contribution in [0.25, 0.3) is 0 Å². The van der Waals surface area contributed by atoms with Crippen LogP contribution in [0.2, 0.25) is 0 Å². The quantitative estimate of drug-likeness (QED) is 0.655. The molecule has 4 atom stereocenters. The number of nitrogens with two attached hydrogens (primary N) is 1. The molecule has 0 radical (unpaired) electrons. The van der Waals surface area contributed by atoms with Crippen molar-refractivity contribution in [1.29, 1.82) is 0 Å². The fraction of sp³-hybridized carbons (Fsp3) is 0.636. The minimum atomic E-state index is 0.0619. The predicted molar refractivity (Wildman–Crippen MR) is 79.2 cm³/mol. The third-order valence-corrected chi connectivity index (χ3v) is 7.20. The molecule has 0 aliphatic carbocycles. The molecule has 1 aromatic rings. The van der Waals surface area contributed by atoms with Crippen LogP contribution >= 0.6 is 39.5 Å². The zero-order valence-corrected chi connectivity index (χ0v) is 13.1. The van der Waals surface area contributed by atoms with Crippen LogP contribution in [0.1, 0.15) is 25.6 Å². The van der Waals surface area contributed by atoms with Crippen LogP contribution in [-0.2, 0) is 0 Å². The Bertz CT molecular complexity index is 374. The summed E-state index contributed by atoms with van der Waals surface area (Å²) < 4.78 is 6.50. The maximum atomic E-state index is 5.69. The second-order valence-corrected chi connectivity index (χ2v) is 8.08. The molecule has 0 amide bonds. The van der Waals surface area contributed by atoms with E-state index in [0.29, 0.717) is 15.7 Å². The summed E-state index contributed by atoms with van der Waals surface area (Å²) in [6.07, 6.45) is 1.69. The molecule has 17 heavy (non-hydrogen) atoms. The summed E-state index contributed by atoms with van der Waals surface area (Å²) in [4.78, 5) is 0. The summed E-state index contributed by atoms with van der Waals surface area (Å²) in [7, 11) is 0. The number of thioether (sulfide) groups is 2. The maximum absolute atomic E-state index is 5.69. The summed E-state index contributed by atoms with van der Waals surface area (Å²) in [6.45, 7) is 4.56. The molecule has 0 aromatic carbocycles. The smallest absolute Gasteiger partial charge is 0.137 e. The van der Waals surface area contributed by atoms with Gasteiger partial charge in [-0.25, -0.2) is 5.43 Å². The minimum absolute atomic E-state index is 0.0619. The van der Waals surface area contributed by atoms with E-state index in [1.165, 1.54) is 0 Å². The number of hydrogen-bond acceptors (Lipinski definition) is 5. The van der Waals surface area contributed by atoms with Crippen molar-refractivity contribution in [1.82, 2.24) is 5.43 Å². The van der Waals surface area contributed by atoms with E-state index in [9.17, 15) is 0 Å². The predicted octanol–water partition coefficient (Wildman–Crippen LogP) is 3.17. The molecule has 3 N–H and O–H groups in total. The highest BCUT2D eigenvalue weighted by Crippen LogP contribution is 2.42. The van der Waals surface area contributed by atoms with Crippen LogP contribution in [0.4, 0.5) is 0 Å².